The molecule has 0 aromatic carbocycles. The van der Waals surface area contributed by atoms with Crippen molar-refractivity contribution in [2.75, 3.05) is 0 Å². The second kappa shape index (κ2) is 3.17. The number of halogens is 2. The van der Waals surface area contributed by atoms with Crippen LogP contribution in [-0.2, 0) is 0 Å². The van der Waals surface area contributed by atoms with E-state index in [-0.39, 0.29) is 20.7 Å². The predicted octanol–water partition coefficient (Wildman–Crippen LogP) is 2.92. The Hall–Kier alpha value is 0.320. The lowest BCUT2D eigenvalue weighted by molar-refractivity contribution is 1.02. The summed E-state index contributed by atoms with van der Waals surface area (Å²) in [6.07, 6.45) is 4.40. The van der Waals surface area contributed by atoms with Gasteiger partial charge in [-0.2, -0.15) is 0 Å². The summed E-state index contributed by atoms with van der Waals surface area (Å²) in [7, 11) is 0. The van der Waals surface area contributed by atoms with Crippen LogP contribution in [0.1, 0.15) is 12.8 Å². The fraction of sp³-hybridized carbons (Fsp3) is 0.375. The summed E-state index contributed by atoms with van der Waals surface area (Å²) >= 11 is 7.62. The topological polar surface area (TPSA) is 25.8 Å². The van der Waals surface area contributed by atoms with Gasteiger partial charge in [-0.1, -0.05) is 23.4 Å². The number of rotatable bonds is 1. The van der Waals surface area contributed by atoms with E-state index in [4.69, 9.17) is 11.6 Å². The number of hydrogen-bond donors (Lipinski definition) is 0. The van der Waals surface area contributed by atoms with Crippen LogP contribution in [-0.4, -0.2) is 12.8 Å². The molecule has 0 amide bonds. The van der Waals surface area contributed by atoms with E-state index in [0.29, 0.717) is 5.15 Å². The lowest BCUT2D eigenvalue weighted by Gasteiger charge is -1.94. The summed E-state index contributed by atoms with van der Waals surface area (Å²) in [5, 5.41) is 1.65. The highest BCUT2D eigenvalue weighted by atomic mass is 127. The normalized spacial score (nSPS) is 20.5. The van der Waals surface area contributed by atoms with Gasteiger partial charge >= 0.3 is 0 Å². The van der Waals surface area contributed by atoms with Gasteiger partial charge in [-0.05, 0) is 39.5 Å². The molecular weight excluding hydrogens is 319 g/mol. The zero-order chi connectivity index (χ0) is 8.84. The lowest BCUT2D eigenvalue weighted by Crippen LogP contribution is -1.88. The van der Waals surface area contributed by atoms with E-state index in [1.165, 1.54) is 16.5 Å². The summed E-state index contributed by atoms with van der Waals surface area (Å²) in [6.45, 7) is 0. The van der Waals surface area contributed by atoms with Crippen LogP contribution in [0.4, 0.5) is 0 Å². The molecular formula is C8H6ClIN2S. The van der Waals surface area contributed by atoms with Gasteiger partial charge in [0.05, 0.1) is 6.20 Å². The summed E-state index contributed by atoms with van der Waals surface area (Å²) in [5.41, 5.74) is 0. The molecule has 1 aromatic heterocycles. The van der Waals surface area contributed by atoms with Crippen LogP contribution in [0.5, 0.6) is 0 Å². The van der Waals surface area contributed by atoms with Crippen molar-refractivity contribution < 1.29 is 0 Å². The molecule has 0 radical (unpaired) electrons. The van der Waals surface area contributed by atoms with Gasteiger partial charge in [0, 0.05) is 2.84 Å². The molecule has 1 saturated carbocycles. The molecule has 5 heteroatoms. The van der Waals surface area contributed by atoms with Crippen LogP contribution in [0.3, 0.4) is 0 Å². The minimum absolute atomic E-state index is 0.0164. The zero-order valence-corrected chi connectivity index (χ0v) is 10.4. The molecule has 1 aliphatic heterocycles. The van der Waals surface area contributed by atoms with Crippen molar-refractivity contribution in [3.63, 3.8) is 0 Å². The molecule has 1 aliphatic carbocycles. The quantitative estimate of drug-likeness (QED) is 0.743. The largest absolute Gasteiger partial charge is 0.244 e. The average Bonchev–Trinajstić information content (AvgIpc) is 2.87. The maximum absolute atomic E-state index is 5.79. The van der Waals surface area contributed by atoms with Crippen LogP contribution in [0.15, 0.2) is 11.2 Å². The van der Waals surface area contributed by atoms with E-state index < -0.39 is 0 Å². The van der Waals surface area contributed by atoms with E-state index >= 15 is 0 Å². The highest BCUT2D eigenvalue weighted by Crippen LogP contribution is 2.46. The van der Waals surface area contributed by atoms with E-state index in [2.05, 4.69) is 9.97 Å². The van der Waals surface area contributed by atoms with Crippen LogP contribution in [0.2, 0.25) is 5.15 Å². The number of nitrogens with zero attached hydrogens (tertiary/aromatic N) is 2. The standard InChI is InChI=1S/C8H6ClIN2S/c9-5-3-11-8-6(12-5)10-7(13-8)4-1-2-4/h3-4H,1-2H2. The molecule has 0 bridgehead atoms. The second-order valence-electron chi connectivity index (χ2n) is 3.06. The Morgan fingerprint density at radius 1 is 1.54 bits per heavy atom. The van der Waals surface area contributed by atoms with Crippen LogP contribution < -0.4 is 0 Å². The molecule has 0 saturated heterocycles. The van der Waals surface area contributed by atoms with Crippen molar-refractivity contribution in [1.82, 2.24) is 9.97 Å². The van der Waals surface area contributed by atoms with E-state index in [1.807, 2.05) is 11.8 Å². The van der Waals surface area contributed by atoms with Crippen molar-refractivity contribution in [2.24, 2.45) is 5.92 Å². The highest BCUT2D eigenvalue weighted by Gasteiger charge is 2.31. The molecule has 3 rings (SSSR count). The Kier molecular flexibility index (Phi) is 2.10. The molecule has 0 N–H and O–H groups in total. The molecule has 68 valence electrons. The predicted molar refractivity (Wildman–Crippen MR) is 63.3 cm³/mol. The van der Waals surface area contributed by atoms with Gasteiger partial charge in [0.1, 0.15) is 13.9 Å². The number of hydrogen-bond acceptors (Lipinski definition) is 3. The van der Waals surface area contributed by atoms with Gasteiger partial charge in [-0.3, -0.25) is 0 Å². The van der Waals surface area contributed by atoms with Crippen molar-refractivity contribution in [3.8, 4) is 0 Å². The van der Waals surface area contributed by atoms with Crippen molar-refractivity contribution in [1.29, 1.82) is 0 Å². The first-order chi connectivity index (χ1) is 6.33. The van der Waals surface area contributed by atoms with Gasteiger partial charge < -0.3 is 0 Å². The molecule has 13 heavy (non-hydrogen) atoms. The van der Waals surface area contributed by atoms with Gasteiger partial charge in [-0.15, -0.1) is 0 Å². The maximum Gasteiger partial charge on any atom is 0.148 e. The van der Waals surface area contributed by atoms with Gasteiger partial charge in [0.15, 0.2) is 0 Å². The Bertz CT molecular complexity index is 403. The van der Waals surface area contributed by atoms with E-state index in [0.717, 1.165) is 10.9 Å². The molecule has 2 aliphatic rings. The van der Waals surface area contributed by atoms with Crippen LogP contribution in [0, 0.1) is 9.62 Å². The Balaban J connectivity index is 2.00. The summed E-state index contributed by atoms with van der Waals surface area (Å²) in [6, 6.07) is 0. The SMILES string of the molecule is Clc1cnc2c(n1)I=C(C1CC1)S2. The van der Waals surface area contributed by atoms with Gasteiger partial charge in [-0.25, -0.2) is 9.97 Å². The number of aromatic nitrogens is 2. The second-order valence-corrected chi connectivity index (χ2v) is 7.94. The highest BCUT2D eigenvalue weighted by molar-refractivity contribution is 14.2. The summed E-state index contributed by atoms with van der Waals surface area (Å²) < 4.78 is 2.83. The van der Waals surface area contributed by atoms with Crippen LogP contribution in [0.25, 0.3) is 0 Å². The third kappa shape index (κ3) is 1.64. The van der Waals surface area contributed by atoms with Crippen molar-refractivity contribution >= 4 is 46.9 Å². The minimum atomic E-state index is -0.0164. The zero-order valence-electron chi connectivity index (χ0n) is 6.63. The molecule has 2 nitrogen and oxygen atoms in total. The van der Waals surface area contributed by atoms with E-state index in [1.54, 1.807) is 9.04 Å². The molecule has 1 aromatic rings. The molecule has 0 atom stereocenters. The Morgan fingerprint density at radius 3 is 3.15 bits per heavy atom. The smallest absolute Gasteiger partial charge is 0.148 e. The minimum Gasteiger partial charge on any atom is -0.244 e. The van der Waals surface area contributed by atoms with Gasteiger partial charge in [0.25, 0.3) is 0 Å². The third-order valence-electron chi connectivity index (χ3n) is 1.94. The third-order valence-corrected chi connectivity index (χ3v) is 7.37. The first kappa shape index (κ1) is 8.61. The molecule has 0 spiro atoms. The van der Waals surface area contributed by atoms with Crippen molar-refractivity contribution in [2.45, 2.75) is 17.9 Å². The molecule has 1 fully saturated rings. The summed E-state index contributed by atoms with van der Waals surface area (Å²) in [4.78, 5) is 8.62. The van der Waals surface area contributed by atoms with Crippen LogP contribution >= 0.6 is 44.1 Å². The summed E-state index contributed by atoms with van der Waals surface area (Å²) in [5.74, 6) is 0.882. The first-order valence-electron chi connectivity index (χ1n) is 4.05. The first-order valence-corrected chi connectivity index (χ1v) is 7.40. The van der Waals surface area contributed by atoms with Crippen molar-refractivity contribution in [3.05, 3.63) is 15.1 Å². The number of thioether (sulfide) groups is 1. The maximum atomic E-state index is 5.79. The fourth-order valence-electron chi connectivity index (χ4n) is 1.14. The molecule has 2 heterocycles. The Morgan fingerprint density at radius 2 is 2.38 bits per heavy atom. The average molecular weight is 325 g/mol. The lowest BCUT2D eigenvalue weighted by atomic mass is 10.5. The number of fused-ring (bicyclic) bond motifs is 1. The van der Waals surface area contributed by atoms with Gasteiger partial charge in [0.2, 0.25) is 0 Å². The Labute approximate surface area is 95.2 Å². The van der Waals surface area contributed by atoms with E-state index in [9.17, 15) is 0 Å². The monoisotopic (exact) mass is 324 g/mol. The molecule has 0 unspecified atom stereocenters. The fourth-order valence-corrected chi connectivity index (χ4v) is 6.63.